The Bertz CT molecular complexity index is 585. The van der Waals surface area contributed by atoms with Crippen LogP contribution in [0.25, 0.3) is 0 Å². The first kappa shape index (κ1) is 15.9. The maximum Gasteiger partial charge on any atom is 0.142 e. The molecule has 1 unspecified atom stereocenters. The van der Waals surface area contributed by atoms with E-state index in [2.05, 4.69) is 22.3 Å². The summed E-state index contributed by atoms with van der Waals surface area (Å²) >= 11 is 5.76. The van der Waals surface area contributed by atoms with Gasteiger partial charge in [-0.25, -0.2) is 9.37 Å². The Kier molecular flexibility index (Phi) is 5.70. The molecular weight excluding hydrogens is 291 g/mol. The van der Waals surface area contributed by atoms with E-state index in [1.54, 1.807) is 12.4 Å². The predicted octanol–water partition coefficient (Wildman–Crippen LogP) is 3.37. The highest BCUT2D eigenvalue weighted by molar-refractivity contribution is 6.30. The molecule has 0 amide bonds. The number of hydrogen-bond acceptors (Lipinski definition) is 3. The van der Waals surface area contributed by atoms with Gasteiger partial charge in [-0.15, -0.1) is 0 Å². The lowest BCUT2D eigenvalue weighted by atomic mass is 10.0. The topological polar surface area (TPSA) is 42.7 Å². The molecule has 2 aromatic rings. The van der Waals surface area contributed by atoms with Crippen molar-refractivity contribution in [2.75, 3.05) is 6.54 Å². The molecular formula is C15H20ClFN4. The molecule has 0 aliphatic carbocycles. The van der Waals surface area contributed by atoms with Crippen molar-refractivity contribution in [3.63, 3.8) is 0 Å². The van der Waals surface area contributed by atoms with Crippen molar-refractivity contribution < 1.29 is 4.39 Å². The quantitative estimate of drug-likeness (QED) is 0.852. The first-order valence-corrected chi connectivity index (χ1v) is 7.58. The number of nitrogens with zero attached hydrogens (tertiary/aromatic N) is 3. The standard InChI is InChI=1S/C15H20ClFN4/c1-3-7-18-14(9-15-19-10-20-21(15)4-2)11-5-6-12(16)13(17)8-11/h5-6,8,10,14,18H,3-4,7,9H2,1-2H3. The normalized spacial score (nSPS) is 12.6. The zero-order valence-electron chi connectivity index (χ0n) is 12.3. The van der Waals surface area contributed by atoms with Crippen LogP contribution in [0.15, 0.2) is 24.5 Å². The molecule has 0 radical (unpaired) electrons. The molecule has 0 fully saturated rings. The zero-order valence-corrected chi connectivity index (χ0v) is 13.1. The molecule has 1 heterocycles. The third-order valence-corrected chi connectivity index (χ3v) is 3.68. The van der Waals surface area contributed by atoms with E-state index in [1.807, 2.05) is 17.7 Å². The molecule has 2 rings (SSSR count). The molecule has 0 aliphatic rings. The molecule has 0 aliphatic heterocycles. The smallest absolute Gasteiger partial charge is 0.142 e. The van der Waals surface area contributed by atoms with E-state index in [4.69, 9.17) is 11.6 Å². The summed E-state index contributed by atoms with van der Waals surface area (Å²) in [6, 6.07) is 4.93. The van der Waals surface area contributed by atoms with Gasteiger partial charge < -0.3 is 5.32 Å². The summed E-state index contributed by atoms with van der Waals surface area (Å²) in [5.41, 5.74) is 0.871. The van der Waals surface area contributed by atoms with Crippen LogP contribution in [0.1, 0.15) is 37.7 Å². The summed E-state index contributed by atoms with van der Waals surface area (Å²) in [7, 11) is 0. The van der Waals surface area contributed by atoms with Crippen molar-refractivity contribution in [1.29, 1.82) is 0 Å². The lowest BCUT2D eigenvalue weighted by Crippen LogP contribution is -2.25. The van der Waals surface area contributed by atoms with Crippen LogP contribution < -0.4 is 5.32 Å². The second kappa shape index (κ2) is 7.52. The van der Waals surface area contributed by atoms with Gasteiger partial charge in [-0.05, 0) is 37.6 Å². The van der Waals surface area contributed by atoms with E-state index in [0.717, 1.165) is 30.9 Å². The van der Waals surface area contributed by atoms with Crippen molar-refractivity contribution in [1.82, 2.24) is 20.1 Å². The van der Waals surface area contributed by atoms with Crippen molar-refractivity contribution in [2.45, 2.75) is 39.3 Å². The third kappa shape index (κ3) is 4.02. The number of hydrogen-bond donors (Lipinski definition) is 1. The summed E-state index contributed by atoms with van der Waals surface area (Å²) in [6.07, 6.45) is 3.22. The largest absolute Gasteiger partial charge is 0.310 e. The molecule has 1 aromatic carbocycles. The first-order valence-electron chi connectivity index (χ1n) is 7.20. The second-order valence-electron chi connectivity index (χ2n) is 4.88. The SMILES string of the molecule is CCCNC(Cc1ncnn1CC)c1ccc(Cl)c(F)c1. The summed E-state index contributed by atoms with van der Waals surface area (Å²) in [6.45, 7) is 5.75. The van der Waals surface area contributed by atoms with Gasteiger partial charge in [0.1, 0.15) is 18.0 Å². The number of nitrogens with one attached hydrogen (secondary N) is 1. The van der Waals surface area contributed by atoms with Crippen LogP contribution in [0.5, 0.6) is 0 Å². The zero-order chi connectivity index (χ0) is 15.2. The average Bonchev–Trinajstić information content (AvgIpc) is 2.93. The minimum Gasteiger partial charge on any atom is -0.310 e. The number of aryl methyl sites for hydroxylation is 1. The van der Waals surface area contributed by atoms with Crippen molar-refractivity contribution >= 4 is 11.6 Å². The molecule has 0 bridgehead atoms. The molecule has 0 saturated carbocycles. The Balaban J connectivity index is 2.23. The van der Waals surface area contributed by atoms with E-state index in [1.165, 1.54) is 6.07 Å². The number of halogens is 2. The Morgan fingerprint density at radius 2 is 2.19 bits per heavy atom. The highest BCUT2D eigenvalue weighted by atomic mass is 35.5. The number of benzene rings is 1. The fraction of sp³-hybridized carbons (Fsp3) is 0.467. The van der Waals surface area contributed by atoms with Crippen molar-refractivity contribution in [3.8, 4) is 0 Å². The van der Waals surface area contributed by atoms with E-state index < -0.39 is 5.82 Å². The fourth-order valence-electron chi connectivity index (χ4n) is 2.25. The number of rotatable bonds is 7. The van der Waals surface area contributed by atoms with Gasteiger partial charge in [-0.1, -0.05) is 24.6 Å². The maximum absolute atomic E-state index is 13.7. The van der Waals surface area contributed by atoms with E-state index in [9.17, 15) is 4.39 Å². The van der Waals surface area contributed by atoms with Crippen LogP contribution in [0.3, 0.4) is 0 Å². The van der Waals surface area contributed by atoms with Gasteiger partial charge >= 0.3 is 0 Å². The third-order valence-electron chi connectivity index (χ3n) is 3.37. The van der Waals surface area contributed by atoms with Gasteiger partial charge in [0.05, 0.1) is 5.02 Å². The van der Waals surface area contributed by atoms with Crippen LogP contribution in [0.4, 0.5) is 4.39 Å². The highest BCUT2D eigenvalue weighted by Crippen LogP contribution is 2.22. The molecule has 0 saturated heterocycles. The van der Waals surface area contributed by atoms with E-state index in [-0.39, 0.29) is 11.1 Å². The molecule has 1 N–H and O–H groups in total. The minimum absolute atomic E-state index is 0.00813. The van der Waals surface area contributed by atoms with E-state index in [0.29, 0.717) is 6.42 Å². The Morgan fingerprint density at radius 1 is 1.38 bits per heavy atom. The molecule has 0 spiro atoms. The second-order valence-corrected chi connectivity index (χ2v) is 5.28. The van der Waals surface area contributed by atoms with Gasteiger partial charge in [0, 0.05) is 19.0 Å². The Hall–Kier alpha value is -1.46. The predicted molar refractivity (Wildman–Crippen MR) is 81.8 cm³/mol. The molecule has 4 nitrogen and oxygen atoms in total. The minimum atomic E-state index is -0.394. The van der Waals surface area contributed by atoms with Gasteiger partial charge in [-0.3, -0.25) is 4.68 Å². The van der Waals surface area contributed by atoms with Crippen LogP contribution in [0.2, 0.25) is 5.02 Å². The molecule has 6 heteroatoms. The van der Waals surface area contributed by atoms with Crippen molar-refractivity contribution in [3.05, 3.63) is 46.8 Å². The summed E-state index contributed by atoms with van der Waals surface area (Å²) in [5, 5.41) is 7.75. The summed E-state index contributed by atoms with van der Waals surface area (Å²) in [4.78, 5) is 4.29. The number of aromatic nitrogens is 3. The molecule has 1 atom stereocenters. The van der Waals surface area contributed by atoms with Crippen LogP contribution in [-0.2, 0) is 13.0 Å². The fourth-order valence-corrected chi connectivity index (χ4v) is 2.37. The van der Waals surface area contributed by atoms with Crippen molar-refractivity contribution in [2.24, 2.45) is 0 Å². The van der Waals surface area contributed by atoms with Gasteiger partial charge in [-0.2, -0.15) is 5.10 Å². The monoisotopic (exact) mass is 310 g/mol. The average molecular weight is 311 g/mol. The summed E-state index contributed by atoms with van der Waals surface area (Å²) in [5.74, 6) is 0.496. The Labute approximate surface area is 129 Å². The van der Waals surface area contributed by atoms with Crippen LogP contribution in [0, 0.1) is 5.82 Å². The molecule has 114 valence electrons. The van der Waals surface area contributed by atoms with E-state index >= 15 is 0 Å². The lowest BCUT2D eigenvalue weighted by molar-refractivity contribution is 0.494. The molecule has 1 aromatic heterocycles. The summed E-state index contributed by atoms with van der Waals surface area (Å²) < 4.78 is 15.5. The van der Waals surface area contributed by atoms with Gasteiger partial charge in [0.15, 0.2) is 0 Å². The van der Waals surface area contributed by atoms with Gasteiger partial charge in [0.2, 0.25) is 0 Å². The maximum atomic E-state index is 13.7. The molecule has 21 heavy (non-hydrogen) atoms. The first-order chi connectivity index (χ1) is 10.2. The van der Waals surface area contributed by atoms with Crippen LogP contribution >= 0.6 is 11.6 Å². The lowest BCUT2D eigenvalue weighted by Gasteiger charge is -2.19. The Morgan fingerprint density at radius 3 is 2.86 bits per heavy atom. The van der Waals surface area contributed by atoms with Gasteiger partial charge in [0.25, 0.3) is 0 Å². The highest BCUT2D eigenvalue weighted by Gasteiger charge is 2.16. The van der Waals surface area contributed by atoms with Crippen LogP contribution in [-0.4, -0.2) is 21.3 Å².